The molecule has 3 rings (SSSR count). The molecule has 0 aliphatic carbocycles. The van der Waals surface area contributed by atoms with Crippen LogP contribution in [0, 0.1) is 13.8 Å². The van der Waals surface area contributed by atoms with Gasteiger partial charge in [-0.3, -0.25) is 0 Å². The van der Waals surface area contributed by atoms with Crippen molar-refractivity contribution in [3.05, 3.63) is 58.6 Å². The van der Waals surface area contributed by atoms with E-state index in [-0.39, 0.29) is 0 Å². The first-order valence-electron chi connectivity index (χ1n) is 6.27. The minimum absolute atomic E-state index is 0.531. The lowest BCUT2D eigenvalue weighted by Crippen LogP contribution is -1.96. The number of nitrogens with zero attached hydrogens (tertiary/aromatic N) is 1. The summed E-state index contributed by atoms with van der Waals surface area (Å²) in [5.74, 6) is 0.935. The lowest BCUT2D eigenvalue weighted by molar-refractivity contribution is 0.303. The fourth-order valence-corrected chi connectivity index (χ4v) is 2.96. The fraction of sp³-hybridized carbons (Fsp3) is 0.188. The molecule has 1 aromatic heterocycles. The molecule has 0 amide bonds. The van der Waals surface area contributed by atoms with Crippen molar-refractivity contribution in [3.8, 4) is 5.75 Å². The van der Waals surface area contributed by atoms with Gasteiger partial charge < -0.3 is 4.74 Å². The van der Waals surface area contributed by atoms with Crippen LogP contribution >= 0.6 is 11.3 Å². The van der Waals surface area contributed by atoms with Gasteiger partial charge in [-0.2, -0.15) is 0 Å². The van der Waals surface area contributed by atoms with E-state index in [1.54, 1.807) is 11.3 Å². The number of fused-ring (bicyclic) bond motifs is 1. The third kappa shape index (κ3) is 2.61. The van der Waals surface area contributed by atoms with Crippen LogP contribution in [0.2, 0.25) is 0 Å². The first kappa shape index (κ1) is 12.2. The zero-order valence-electron chi connectivity index (χ0n) is 11.0. The number of benzene rings is 2. The molecule has 19 heavy (non-hydrogen) atoms. The molecule has 3 aromatic rings. The Morgan fingerprint density at radius 1 is 1.11 bits per heavy atom. The Balaban J connectivity index is 1.78. The van der Waals surface area contributed by atoms with Gasteiger partial charge in [0.15, 0.2) is 0 Å². The summed E-state index contributed by atoms with van der Waals surface area (Å²) < 4.78 is 7.07. The number of rotatable bonds is 3. The standard InChI is InChI=1S/C16H15NOS/c1-11-7-8-14(12(2)9-11)18-10-16-17-13-5-3-4-6-15(13)19-16/h3-9H,10H2,1-2H3. The van der Waals surface area contributed by atoms with Crippen molar-refractivity contribution >= 4 is 21.6 Å². The molecule has 0 spiro atoms. The highest BCUT2D eigenvalue weighted by Gasteiger charge is 2.05. The third-order valence-corrected chi connectivity index (χ3v) is 4.03. The van der Waals surface area contributed by atoms with Crippen LogP contribution in [0.1, 0.15) is 16.1 Å². The fourth-order valence-electron chi connectivity index (χ4n) is 2.08. The van der Waals surface area contributed by atoms with E-state index < -0.39 is 0 Å². The van der Waals surface area contributed by atoms with Gasteiger partial charge in [-0.1, -0.05) is 29.8 Å². The van der Waals surface area contributed by atoms with Gasteiger partial charge in [0, 0.05) is 0 Å². The molecule has 0 saturated carbocycles. The molecule has 0 N–H and O–H groups in total. The predicted molar refractivity (Wildman–Crippen MR) is 79.9 cm³/mol. The highest BCUT2D eigenvalue weighted by molar-refractivity contribution is 7.18. The second-order valence-corrected chi connectivity index (χ2v) is 5.75. The molecule has 0 atom stereocenters. The van der Waals surface area contributed by atoms with Crippen molar-refractivity contribution in [2.45, 2.75) is 20.5 Å². The average molecular weight is 269 g/mol. The highest BCUT2D eigenvalue weighted by Crippen LogP contribution is 2.24. The second kappa shape index (κ2) is 5.02. The van der Waals surface area contributed by atoms with E-state index in [1.807, 2.05) is 24.3 Å². The molecule has 2 nitrogen and oxygen atoms in total. The van der Waals surface area contributed by atoms with Gasteiger partial charge in [0.25, 0.3) is 0 Å². The summed E-state index contributed by atoms with van der Waals surface area (Å²) in [6.45, 7) is 4.69. The van der Waals surface area contributed by atoms with E-state index in [4.69, 9.17) is 4.74 Å². The van der Waals surface area contributed by atoms with Gasteiger partial charge >= 0.3 is 0 Å². The summed E-state index contributed by atoms with van der Waals surface area (Å²) in [6.07, 6.45) is 0. The van der Waals surface area contributed by atoms with Crippen LogP contribution in [0.15, 0.2) is 42.5 Å². The summed E-state index contributed by atoms with van der Waals surface area (Å²) in [5.41, 5.74) is 3.47. The van der Waals surface area contributed by atoms with Crippen LogP contribution in [0.5, 0.6) is 5.75 Å². The van der Waals surface area contributed by atoms with Crippen molar-refractivity contribution in [2.75, 3.05) is 0 Å². The van der Waals surface area contributed by atoms with Gasteiger partial charge in [-0.15, -0.1) is 11.3 Å². The average Bonchev–Trinajstić information content (AvgIpc) is 2.80. The Morgan fingerprint density at radius 3 is 2.74 bits per heavy atom. The summed E-state index contributed by atoms with van der Waals surface area (Å²) >= 11 is 1.69. The van der Waals surface area contributed by atoms with Crippen LogP contribution in [-0.4, -0.2) is 4.98 Å². The van der Waals surface area contributed by atoms with E-state index in [2.05, 4.69) is 37.0 Å². The SMILES string of the molecule is Cc1ccc(OCc2nc3ccccc3s2)c(C)c1. The van der Waals surface area contributed by atoms with E-state index in [9.17, 15) is 0 Å². The quantitative estimate of drug-likeness (QED) is 0.698. The molecule has 0 saturated heterocycles. The number of aryl methyl sites for hydroxylation is 2. The molecule has 96 valence electrons. The van der Waals surface area contributed by atoms with Crippen molar-refractivity contribution < 1.29 is 4.74 Å². The minimum Gasteiger partial charge on any atom is -0.486 e. The molecular weight excluding hydrogens is 254 g/mol. The van der Waals surface area contributed by atoms with E-state index >= 15 is 0 Å². The van der Waals surface area contributed by atoms with Gasteiger partial charge in [0.2, 0.25) is 0 Å². The largest absolute Gasteiger partial charge is 0.486 e. The first-order chi connectivity index (χ1) is 9.22. The monoisotopic (exact) mass is 269 g/mol. The molecule has 2 aromatic carbocycles. The number of ether oxygens (including phenoxy) is 1. The normalized spacial score (nSPS) is 10.8. The Labute approximate surface area is 116 Å². The number of para-hydroxylation sites is 1. The molecule has 0 unspecified atom stereocenters. The van der Waals surface area contributed by atoms with Crippen molar-refractivity contribution in [1.82, 2.24) is 4.98 Å². The van der Waals surface area contributed by atoms with Crippen molar-refractivity contribution in [3.63, 3.8) is 0 Å². The van der Waals surface area contributed by atoms with Gasteiger partial charge in [0.1, 0.15) is 17.4 Å². The van der Waals surface area contributed by atoms with E-state index in [0.29, 0.717) is 6.61 Å². The maximum Gasteiger partial charge on any atom is 0.140 e. The topological polar surface area (TPSA) is 22.1 Å². The van der Waals surface area contributed by atoms with Gasteiger partial charge in [-0.05, 0) is 37.6 Å². The zero-order valence-corrected chi connectivity index (χ0v) is 11.8. The van der Waals surface area contributed by atoms with Crippen LogP contribution in [0.4, 0.5) is 0 Å². The van der Waals surface area contributed by atoms with Gasteiger partial charge in [0.05, 0.1) is 10.2 Å². The minimum atomic E-state index is 0.531. The summed E-state index contributed by atoms with van der Waals surface area (Å²) in [4.78, 5) is 4.57. The maximum absolute atomic E-state index is 5.86. The van der Waals surface area contributed by atoms with E-state index in [1.165, 1.54) is 15.8 Å². The van der Waals surface area contributed by atoms with Crippen molar-refractivity contribution in [1.29, 1.82) is 0 Å². The maximum atomic E-state index is 5.86. The molecule has 1 heterocycles. The smallest absolute Gasteiger partial charge is 0.140 e. The molecular formula is C16H15NOS. The Kier molecular flexibility index (Phi) is 3.22. The lowest BCUT2D eigenvalue weighted by atomic mass is 10.1. The van der Waals surface area contributed by atoms with Crippen LogP contribution in [0.25, 0.3) is 10.2 Å². The van der Waals surface area contributed by atoms with E-state index in [0.717, 1.165) is 16.3 Å². The number of hydrogen-bond donors (Lipinski definition) is 0. The molecule has 0 radical (unpaired) electrons. The molecule has 0 aliphatic rings. The molecule has 0 bridgehead atoms. The number of hydrogen-bond acceptors (Lipinski definition) is 3. The van der Waals surface area contributed by atoms with Gasteiger partial charge in [-0.25, -0.2) is 4.98 Å². The highest BCUT2D eigenvalue weighted by atomic mass is 32.1. The predicted octanol–water partition coefficient (Wildman–Crippen LogP) is 4.49. The summed E-state index contributed by atoms with van der Waals surface area (Å²) in [5, 5.41) is 1.01. The molecule has 3 heteroatoms. The molecule has 0 fully saturated rings. The van der Waals surface area contributed by atoms with Crippen LogP contribution in [0.3, 0.4) is 0 Å². The van der Waals surface area contributed by atoms with Crippen molar-refractivity contribution in [2.24, 2.45) is 0 Å². The summed E-state index contributed by atoms with van der Waals surface area (Å²) in [6, 6.07) is 14.4. The van der Waals surface area contributed by atoms with Crippen LogP contribution < -0.4 is 4.74 Å². The summed E-state index contributed by atoms with van der Waals surface area (Å²) in [7, 11) is 0. The zero-order chi connectivity index (χ0) is 13.2. The Bertz CT molecular complexity index is 685. The number of aromatic nitrogens is 1. The third-order valence-electron chi connectivity index (χ3n) is 3.02. The lowest BCUT2D eigenvalue weighted by Gasteiger charge is -2.07. The first-order valence-corrected chi connectivity index (χ1v) is 7.08. The Morgan fingerprint density at radius 2 is 1.95 bits per heavy atom. The Hall–Kier alpha value is -1.87. The number of thiazole rings is 1. The second-order valence-electron chi connectivity index (χ2n) is 4.63. The molecule has 0 aliphatic heterocycles. The van der Waals surface area contributed by atoms with Crippen LogP contribution in [-0.2, 0) is 6.61 Å².